The summed E-state index contributed by atoms with van der Waals surface area (Å²) in [6, 6.07) is 10.2. The number of carbonyl (C=O) groups is 1. The summed E-state index contributed by atoms with van der Waals surface area (Å²) in [6.07, 6.45) is 8.79. The smallest absolute Gasteiger partial charge is 0.291 e. The van der Waals surface area contributed by atoms with E-state index in [9.17, 15) is 4.79 Å². The van der Waals surface area contributed by atoms with Crippen LogP contribution >= 0.6 is 0 Å². The van der Waals surface area contributed by atoms with Gasteiger partial charge in [0.05, 0.1) is 18.0 Å². The monoisotopic (exact) mass is 432 g/mol. The third-order valence-corrected chi connectivity index (χ3v) is 7.15. The third kappa shape index (κ3) is 3.24. The molecule has 0 saturated carbocycles. The van der Waals surface area contributed by atoms with Gasteiger partial charge in [0.1, 0.15) is 11.4 Å². The van der Waals surface area contributed by atoms with Gasteiger partial charge in [0.25, 0.3) is 5.91 Å². The molecule has 1 saturated heterocycles. The molecule has 0 N–H and O–H groups in total. The predicted molar refractivity (Wildman–Crippen MR) is 118 cm³/mol. The van der Waals surface area contributed by atoms with Crippen molar-refractivity contribution in [3.63, 3.8) is 0 Å². The van der Waals surface area contributed by atoms with Crippen LogP contribution < -0.4 is 0 Å². The number of fused-ring (bicyclic) bond motifs is 3. The zero-order valence-electron chi connectivity index (χ0n) is 18.2. The SMILES string of the molecule is O=C(c1nnc2n1CCCCC2)N1CCC2(CC1)OCCc1cn(-c3ccccc3)nc12. The number of rotatable bonds is 2. The van der Waals surface area contributed by atoms with Gasteiger partial charge >= 0.3 is 0 Å². The Morgan fingerprint density at radius 3 is 2.66 bits per heavy atom. The number of carbonyl (C=O) groups excluding carboxylic acids is 1. The van der Waals surface area contributed by atoms with E-state index in [1.807, 2.05) is 32.3 Å². The maximum absolute atomic E-state index is 13.3. The Kier molecular flexibility index (Phi) is 4.82. The molecule has 1 aromatic carbocycles. The molecule has 6 rings (SSSR count). The molecule has 3 aliphatic heterocycles. The molecule has 8 nitrogen and oxygen atoms in total. The van der Waals surface area contributed by atoms with Gasteiger partial charge in [0.2, 0.25) is 5.82 Å². The Bertz CT molecular complexity index is 1130. The summed E-state index contributed by atoms with van der Waals surface area (Å²) in [5.74, 6) is 1.44. The second-order valence-electron chi connectivity index (χ2n) is 9.07. The van der Waals surface area contributed by atoms with Crippen molar-refractivity contribution in [3.8, 4) is 5.69 Å². The van der Waals surface area contributed by atoms with E-state index < -0.39 is 5.60 Å². The van der Waals surface area contributed by atoms with Gasteiger partial charge < -0.3 is 14.2 Å². The lowest BCUT2D eigenvalue weighted by Crippen LogP contribution is -2.49. The number of amides is 1. The van der Waals surface area contributed by atoms with E-state index in [0.29, 0.717) is 25.5 Å². The zero-order valence-corrected chi connectivity index (χ0v) is 18.2. The van der Waals surface area contributed by atoms with E-state index in [4.69, 9.17) is 9.84 Å². The fraction of sp³-hybridized carbons (Fsp3) is 0.500. The van der Waals surface area contributed by atoms with Crippen LogP contribution in [0.2, 0.25) is 0 Å². The van der Waals surface area contributed by atoms with Gasteiger partial charge in [-0.25, -0.2) is 4.68 Å². The van der Waals surface area contributed by atoms with Gasteiger partial charge in [-0.05, 0) is 49.8 Å². The van der Waals surface area contributed by atoms with Crippen LogP contribution in [-0.2, 0) is 29.7 Å². The summed E-state index contributed by atoms with van der Waals surface area (Å²) < 4.78 is 10.4. The van der Waals surface area contributed by atoms with Crippen LogP contribution in [0.15, 0.2) is 36.5 Å². The highest BCUT2D eigenvalue weighted by Crippen LogP contribution is 2.41. The number of likely N-dealkylation sites (tertiary alicyclic amines) is 1. The minimum atomic E-state index is -0.411. The lowest BCUT2D eigenvalue weighted by atomic mass is 9.84. The van der Waals surface area contributed by atoms with Crippen LogP contribution in [0.1, 0.15) is 59.8 Å². The second kappa shape index (κ2) is 7.85. The van der Waals surface area contributed by atoms with Gasteiger partial charge in [0, 0.05) is 32.3 Å². The van der Waals surface area contributed by atoms with E-state index in [2.05, 4.69) is 28.5 Å². The Morgan fingerprint density at radius 1 is 0.969 bits per heavy atom. The summed E-state index contributed by atoms with van der Waals surface area (Å²) in [5.41, 5.74) is 2.93. The number of hydrogen-bond acceptors (Lipinski definition) is 5. The number of aryl methyl sites for hydroxylation is 1. The lowest BCUT2D eigenvalue weighted by molar-refractivity contribution is -0.0964. The molecule has 3 aliphatic rings. The number of aromatic nitrogens is 5. The fourth-order valence-corrected chi connectivity index (χ4v) is 5.35. The summed E-state index contributed by atoms with van der Waals surface area (Å²) in [7, 11) is 0. The van der Waals surface area contributed by atoms with E-state index in [1.165, 1.54) is 12.0 Å². The van der Waals surface area contributed by atoms with Gasteiger partial charge in [-0.1, -0.05) is 24.6 Å². The molecular weight excluding hydrogens is 404 g/mol. The third-order valence-electron chi connectivity index (χ3n) is 7.15. The van der Waals surface area contributed by atoms with Crippen LogP contribution in [0.25, 0.3) is 5.69 Å². The van der Waals surface area contributed by atoms with Gasteiger partial charge in [-0.2, -0.15) is 5.10 Å². The van der Waals surface area contributed by atoms with E-state index in [0.717, 1.165) is 62.3 Å². The minimum absolute atomic E-state index is 0.00801. The van der Waals surface area contributed by atoms with Crippen LogP contribution in [0, 0.1) is 0 Å². The molecule has 0 aliphatic carbocycles. The summed E-state index contributed by atoms with van der Waals surface area (Å²) in [4.78, 5) is 15.2. The maximum Gasteiger partial charge on any atom is 0.291 e. The Hall–Kier alpha value is -3.00. The van der Waals surface area contributed by atoms with Crippen LogP contribution in [0.3, 0.4) is 0 Å². The Morgan fingerprint density at radius 2 is 1.81 bits per heavy atom. The maximum atomic E-state index is 13.3. The first kappa shape index (κ1) is 19.7. The molecule has 1 fully saturated rings. The average molecular weight is 433 g/mol. The van der Waals surface area contributed by atoms with Crippen molar-refractivity contribution < 1.29 is 9.53 Å². The van der Waals surface area contributed by atoms with Gasteiger partial charge in [0.15, 0.2) is 0 Å². The normalized spacial score (nSPS) is 19.9. The summed E-state index contributed by atoms with van der Waals surface area (Å²) in [6.45, 7) is 2.81. The highest BCUT2D eigenvalue weighted by Gasteiger charge is 2.44. The minimum Gasteiger partial charge on any atom is -0.368 e. The quantitative estimate of drug-likeness (QED) is 0.622. The molecule has 32 heavy (non-hydrogen) atoms. The predicted octanol–water partition coefficient (Wildman–Crippen LogP) is 2.89. The molecule has 2 aromatic heterocycles. The van der Waals surface area contributed by atoms with Crippen LogP contribution in [-0.4, -0.2) is 55.0 Å². The zero-order chi connectivity index (χ0) is 21.5. The van der Waals surface area contributed by atoms with E-state index in [-0.39, 0.29) is 5.91 Å². The molecule has 0 atom stereocenters. The highest BCUT2D eigenvalue weighted by atomic mass is 16.5. The molecule has 1 spiro atoms. The van der Waals surface area contributed by atoms with Crippen molar-refractivity contribution in [2.75, 3.05) is 19.7 Å². The first-order valence-electron chi connectivity index (χ1n) is 11.7. The highest BCUT2D eigenvalue weighted by molar-refractivity contribution is 5.90. The Labute approximate surface area is 187 Å². The molecule has 0 radical (unpaired) electrons. The fourth-order valence-electron chi connectivity index (χ4n) is 5.35. The summed E-state index contributed by atoms with van der Waals surface area (Å²) >= 11 is 0. The number of piperidine rings is 1. The van der Waals surface area contributed by atoms with Crippen molar-refractivity contribution in [1.82, 2.24) is 29.4 Å². The molecule has 166 valence electrons. The van der Waals surface area contributed by atoms with Crippen LogP contribution in [0.4, 0.5) is 0 Å². The first-order chi connectivity index (χ1) is 15.7. The average Bonchev–Trinajstić information content (AvgIpc) is 3.39. The van der Waals surface area contributed by atoms with Gasteiger partial charge in [-0.3, -0.25) is 4.79 Å². The number of benzene rings is 1. The second-order valence-corrected chi connectivity index (χ2v) is 9.07. The molecule has 5 heterocycles. The van der Waals surface area contributed by atoms with Crippen molar-refractivity contribution in [2.24, 2.45) is 0 Å². The molecule has 1 amide bonds. The van der Waals surface area contributed by atoms with Gasteiger partial charge in [-0.15, -0.1) is 10.2 Å². The van der Waals surface area contributed by atoms with E-state index in [1.54, 1.807) is 0 Å². The molecule has 8 heteroatoms. The number of hydrogen-bond donors (Lipinski definition) is 0. The van der Waals surface area contributed by atoms with Crippen LogP contribution in [0.5, 0.6) is 0 Å². The van der Waals surface area contributed by atoms with E-state index >= 15 is 0 Å². The standard InChI is InChI=1S/C24H28N6O2/c31-23(22-26-25-20-9-5-2-6-13-29(20)22)28-14-11-24(12-15-28)21-18(10-16-32-24)17-30(27-21)19-7-3-1-4-8-19/h1,3-4,7-8,17H,2,5-6,9-16H2. The molecule has 3 aromatic rings. The number of para-hydroxylation sites is 1. The topological polar surface area (TPSA) is 78.1 Å². The van der Waals surface area contributed by atoms with Crippen molar-refractivity contribution in [1.29, 1.82) is 0 Å². The largest absolute Gasteiger partial charge is 0.368 e. The number of nitrogens with zero attached hydrogens (tertiary/aromatic N) is 6. The van der Waals surface area contributed by atoms with Crippen molar-refractivity contribution in [2.45, 2.75) is 57.1 Å². The summed E-state index contributed by atoms with van der Waals surface area (Å²) in [5, 5.41) is 13.5. The molecular formula is C24H28N6O2. The first-order valence-corrected chi connectivity index (χ1v) is 11.7. The van der Waals surface area contributed by atoms with Crippen molar-refractivity contribution in [3.05, 3.63) is 59.4 Å². The Balaban J connectivity index is 1.22. The number of ether oxygens (including phenoxy) is 1. The lowest BCUT2D eigenvalue weighted by Gasteiger charge is -2.42. The molecule has 0 bridgehead atoms. The molecule has 0 unspecified atom stereocenters. The van der Waals surface area contributed by atoms with Crippen molar-refractivity contribution >= 4 is 5.91 Å².